The third-order valence-corrected chi connectivity index (χ3v) is 5.72. The molecule has 3 aliphatic rings. The molecule has 102 valence electrons. The Hall–Kier alpha value is -0.370. The number of rotatable bonds is 3. The minimum atomic E-state index is 0.352. The molecule has 3 rings (SSSR count). The zero-order chi connectivity index (χ0) is 12.7. The van der Waals surface area contributed by atoms with Gasteiger partial charge >= 0.3 is 0 Å². The van der Waals surface area contributed by atoms with Crippen LogP contribution in [-0.4, -0.2) is 29.8 Å². The summed E-state index contributed by atoms with van der Waals surface area (Å²) in [4.78, 5) is 14.8. The molecule has 0 amide bonds. The van der Waals surface area contributed by atoms with Crippen LogP contribution in [0.1, 0.15) is 52.4 Å². The summed E-state index contributed by atoms with van der Waals surface area (Å²) in [5.41, 5.74) is 0. The highest BCUT2D eigenvalue weighted by atomic mass is 16.1. The Balaban J connectivity index is 1.59. The van der Waals surface area contributed by atoms with Gasteiger partial charge in [0.15, 0.2) is 0 Å². The zero-order valence-electron chi connectivity index (χ0n) is 11.9. The molecule has 1 aliphatic heterocycles. The second-order valence-corrected chi connectivity index (χ2v) is 7.23. The lowest BCUT2D eigenvalue weighted by molar-refractivity contribution is -0.126. The fourth-order valence-corrected chi connectivity index (χ4v) is 4.46. The number of piperidine rings is 1. The lowest BCUT2D eigenvalue weighted by atomic mass is 9.75. The summed E-state index contributed by atoms with van der Waals surface area (Å²) in [5, 5.41) is 0. The summed E-state index contributed by atoms with van der Waals surface area (Å²) in [6.45, 7) is 6.98. The van der Waals surface area contributed by atoms with Gasteiger partial charge in [-0.25, -0.2) is 0 Å². The molecule has 0 N–H and O–H groups in total. The molecule has 2 saturated carbocycles. The van der Waals surface area contributed by atoms with Crippen molar-refractivity contribution in [2.45, 2.75) is 58.4 Å². The number of hydrogen-bond donors (Lipinski definition) is 0. The average Bonchev–Trinajstić information content (AvgIpc) is 2.93. The first-order valence-corrected chi connectivity index (χ1v) is 7.90. The fourth-order valence-electron chi connectivity index (χ4n) is 4.46. The van der Waals surface area contributed by atoms with Gasteiger partial charge in [-0.3, -0.25) is 9.69 Å². The van der Waals surface area contributed by atoms with Crippen LogP contribution in [0.15, 0.2) is 0 Å². The largest absolute Gasteiger partial charge is 0.299 e. The van der Waals surface area contributed by atoms with Gasteiger partial charge in [0, 0.05) is 31.5 Å². The smallest absolute Gasteiger partial charge is 0.137 e. The van der Waals surface area contributed by atoms with Crippen molar-refractivity contribution in [2.75, 3.05) is 13.1 Å². The summed E-state index contributed by atoms with van der Waals surface area (Å²) in [5.74, 6) is 3.39. The molecule has 4 unspecified atom stereocenters. The van der Waals surface area contributed by atoms with Crippen molar-refractivity contribution in [3.05, 3.63) is 0 Å². The van der Waals surface area contributed by atoms with E-state index in [4.69, 9.17) is 0 Å². The van der Waals surface area contributed by atoms with Crippen molar-refractivity contribution in [1.29, 1.82) is 0 Å². The van der Waals surface area contributed by atoms with Gasteiger partial charge in [-0.15, -0.1) is 0 Å². The monoisotopic (exact) mass is 249 g/mol. The lowest BCUT2D eigenvalue weighted by Gasteiger charge is -2.35. The Kier molecular flexibility index (Phi) is 3.48. The topological polar surface area (TPSA) is 20.3 Å². The standard InChI is InChI=1S/C16H27NO/c1-11(2)13-4-6-16(18)14(8-13)10-17-9-12-3-5-15(17)7-12/h11-15H,3-10H2,1-2H3. The number of carbonyl (C=O) groups is 1. The minimum absolute atomic E-state index is 0.352. The molecule has 0 aromatic carbocycles. The van der Waals surface area contributed by atoms with Crippen molar-refractivity contribution in [3.8, 4) is 0 Å². The zero-order valence-corrected chi connectivity index (χ0v) is 11.9. The molecule has 4 atom stereocenters. The second kappa shape index (κ2) is 4.96. The van der Waals surface area contributed by atoms with E-state index in [9.17, 15) is 4.79 Å². The van der Waals surface area contributed by atoms with Gasteiger partial charge in [-0.1, -0.05) is 13.8 Å². The van der Waals surface area contributed by atoms with Crippen LogP contribution in [0, 0.1) is 23.7 Å². The Bertz CT molecular complexity index is 325. The molecule has 0 aromatic heterocycles. The van der Waals surface area contributed by atoms with E-state index in [1.54, 1.807) is 0 Å². The highest BCUT2D eigenvalue weighted by Gasteiger charge is 2.40. The van der Waals surface area contributed by atoms with Gasteiger partial charge in [0.25, 0.3) is 0 Å². The van der Waals surface area contributed by atoms with Gasteiger partial charge < -0.3 is 0 Å². The van der Waals surface area contributed by atoms with Crippen molar-refractivity contribution >= 4 is 5.78 Å². The third kappa shape index (κ3) is 2.36. The SMILES string of the molecule is CC(C)C1CCC(=O)C(CN2CC3CCC2C3)C1. The van der Waals surface area contributed by atoms with E-state index >= 15 is 0 Å². The van der Waals surface area contributed by atoms with Crippen LogP contribution in [0.3, 0.4) is 0 Å². The van der Waals surface area contributed by atoms with Crippen LogP contribution in [0.5, 0.6) is 0 Å². The lowest BCUT2D eigenvalue weighted by Crippen LogP contribution is -2.41. The van der Waals surface area contributed by atoms with E-state index in [1.807, 2.05) is 0 Å². The Morgan fingerprint density at radius 2 is 2.06 bits per heavy atom. The molecule has 1 heterocycles. The number of likely N-dealkylation sites (tertiary alicyclic amines) is 1. The molecule has 2 bridgehead atoms. The first-order valence-electron chi connectivity index (χ1n) is 7.90. The van der Waals surface area contributed by atoms with Gasteiger partial charge in [-0.2, -0.15) is 0 Å². The summed E-state index contributed by atoms with van der Waals surface area (Å²) in [7, 11) is 0. The molecule has 2 aliphatic carbocycles. The molecule has 1 saturated heterocycles. The highest BCUT2D eigenvalue weighted by molar-refractivity contribution is 5.82. The number of ketones is 1. The maximum Gasteiger partial charge on any atom is 0.137 e. The number of carbonyl (C=O) groups excluding carboxylic acids is 1. The molecule has 0 aromatic rings. The van der Waals surface area contributed by atoms with Crippen LogP contribution in [0.2, 0.25) is 0 Å². The number of fused-ring (bicyclic) bond motifs is 2. The molecule has 2 nitrogen and oxygen atoms in total. The van der Waals surface area contributed by atoms with Crippen molar-refractivity contribution in [3.63, 3.8) is 0 Å². The molecule has 2 heteroatoms. The predicted octanol–water partition coefficient (Wildman–Crippen LogP) is 3.11. The second-order valence-electron chi connectivity index (χ2n) is 7.23. The van der Waals surface area contributed by atoms with E-state index < -0.39 is 0 Å². The first kappa shape index (κ1) is 12.7. The molecule has 18 heavy (non-hydrogen) atoms. The number of Topliss-reactive ketones (excluding diaryl/α,β-unsaturated/α-hetero) is 1. The van der Waals surface area contributed by atoms with Gasteiger partial charge in [0.1, 0.15) is 5.78 Å². The van der Waals surface area contributed by atoms with Crippen molar-refractivity contribution in [2.24, 2.45) is 23.7 Å². The van der Waals surface area contributed by atoms with E-state index in [-0.39, 0.29) is 0 Å². The van der Waals surface area contributed by atoms with E-state index in [2.05, 4.69) is 18.7 Å². The minimum Gasteiger partial charge on any atom is -0.299 e. The summed E-state index contributed by atoms with van der Waals surface area (Å²) < 4.78 is 0. The predicted molar refractivity (Wildman–Crippen MR) is 73.4 cm³/mol. The summed E-state index contributed by atoms with van der Waals surface area (Å²) in [6.07, 6.45) is 7.38. The van der Waals surface area contributed by atoms with Crippen LogP contribution in [-0.2, 0) is 4.79 Å². The normalized spacial score (nSPS) is 40.9. The van der Waals surface area contributed by atoms with E-state index in [1.165, 1.54) is 25.8 Å². The summed E-state index contributed by atoms with van der Waals surface area (Å²) >= 11 is 0. The Labute approximate surface area is 111 Å². The van der Waals surface area contributed by atoms with Crippen molar-refractivity contribution in [1.82, 2.24) is 4.90 Å². The average molecular weight is 249 g/mol. The van der Waals surface area contributed by atoms with Crippen LogP contribution < -0.4 is 0 Å². The van der Waals surface area contributed by atoms with Crippen LogP contribution in [0.25, 0.3) is 0 Å². The van der Waals surface area contributed by atoms with E-state index in [0.29, 0.717) is 11.7 Å². The van der Waals surface area contributed by atoms with E-state index in [0.717, 1.165) is 49.6 Å². The van der Waals surface area contributed by atoms with Crippen LogP contribution >= 0.6 is 0 Å². The molecule has 0 radical (unpaired) electrons. The van der Waals surface area contributed by atoms with Crippen LogP contribution in [0.4, 0.5) is 0 Å². The maximum atomic E-state index is 12.1. The Morgan fingerprint density at radius 3 is 2.67 bits per heavy atom. The number of nitrogens with zero attached hydrogens (tertiary/aromatic N) is 1. The van der Waals surface area contributed by atoms with Crippen molar-refractivity contribution < 1.29 is 4.79 Å². The molecule has 3 fully saturated rings. The van der Waals surface area contributed by atoms with Gasteiger partial charge in [-0.05, 0) is 49.9 Å². The quantitative estimate of drug-likeness (QED) is 0.766. The molecule has 0 spiro atoms. The maximum absolute atomic E-state index is 12.1. The third-order valence-electron chi connectivity index (χ3n) is 5.72. The number of hydrogen-bond acceptors (Lipinski definition) is 2. The van der Waals surface area contributed by atoms with Gasteiger partial charge in [0.05, 0.1) is 0 Å². The molecular formula is C16H27NO. The summed E-state index contributed by atoms with van der Waals surface area (Å²) in [6, 6.07) is 0.822. The first-order chi connectivity index (χ1) is 8.63. The highest BCUT2D eigenvalue weighted by Crippen LogP contribution is 2.39. The Morgan fingerprint density at radius 1 is 1.22 bits per heavy atom. The van der Waals surface area contributed by atoms with Gasteiger partial charge in [0.2, 0.25) is 0 Å². The fraction of sp³-hybridized carbons (Fsp3) is 0.938. The molecular weight excluding hydrogens is 222 g/mol.